The first-order valence-electron chi connectivity index (χ1n) is 6.80. The Morgan fingerprint density at radius 1 is 1.30 bits per heavy atom. The third-order valence-corrected chi connectivity index (χ3v) is 2.76. The number of hydrogen-bond donors (Lipinski definition) is 2. The monoisotopic (exact) mass is 278 g/mol. The summed E-state index contributed by atoms with van der Waals surface area (Å²) in [5.74, 6) is 1.40. The molecule has 0 heterocycles. The summed E-state index contributed by atoms with van der Waals surface area (Å²) in [7, 11) is 1.61. The molecule has 0 aliphatic rings. The molecule has 5 nitrogen and oxygen atoms in total. The van der Waals surface area contributed by atoms with E-state index in [1.165, 1.54) is 0 Å². The molecule has 0 amide bonds. The third-order valence-electron chi connectivity index (χ3n) is 2.76. The van der Waals surface area contributed by atoms with Crippen molar-refractivity contribution >= 4 is 0 Å². The number of unbranched alkanes of at least 4 members (excludes halogenated alkanes) is 1. The van der Waals surface area contributed by atoms with Crippen molar-refractivity contribution in [2.45, 2.75) is 25.8 Å². The molecular weight excluding hydrogens is 256 g/mol. The van der Waals surface area contributed by atoms with Gasteiger partial charge in [0.2, 0.25) is 0 Å². The molecule has 0 spiro atoms. The molecule has 0 radical (unpaired) electrons. The molecule has 0 bridgehead atoms. The maximum absolute atomic E-state index is 8.72. The molecule has 1 aromatic rings. The van der Waals surface area contributed by atoms with Crippen LogP contribution < -0.4 is 14.8 Å². The summed E-state index contributed by atoms with van der Waals surface area (Å²) in [5, 5.41) is 20.5. The molecule has 0 saturated carbocycles. The highest BCUT2D eigenvalue weighted by Crippen LogP contribution is 2.28. The van der Waals surface area contributed by atoms with Gasteiger partial charge in [0.25, 0.3) is 0 Å². The van der Waals surface area contributed by atoms with Crippen molar-refractivity contribution < 1.29 is 14.6 Å². The number of nitrogens with one attached hydrogen (secondary N) is 1. The highest BCUT2D eigenvalue weighted by atomic mass is 16.5. The van der Waals surface area contributed by atoms with Gasteiger partial charge in [-0.3, -0.25) is 0 Å². The summed E-state index contributed by atoms with van der Waals surface area (Å²) in [5.41, 5.74) is 1.10. The number of nitriles is 1. The van der Waals surface area contributed by atoms with Crippen LogP contribution >= 0.6 is 0 Å². The van der Waals surface area contributed by atoms with Crippen molar-refractivity contribution in [1.82, 2.24) is 5.32 Å². The second-order valence-corrected chi connectivity index (χ2v) is 4.35. The van der Waals surface area contributed by atoms with Crippen LogP contribution in [-0.2, 0) is 6.54 Å². The fraction of sp³-hybridized carbons (Fsp3) is 0.533. The number of methoxy groups -OCH3 is 1. The Kier molecular flexibility index (Phi) is 8.20. The van der Waals surface area contributed by atoms with Crippen molar-refractivity contribution in [2.75, 3.05) is 26.9 Å². The fourth-order valence-corrected chi connectivity index (χ4v) is 1.71. The molecule has 0 saturated heterocycles. The van der Waals surface area contributed by atoms with Gasteiger partial charge in [-0.2, -0.15) is 5.26 Å². The molecule has 0 aromatic heterocycles. The smallest absolute Gasteiger partial charge is 0.161 e. The van der Waals surface area contributed by atoms with Crippen molar-refractivity contribution in [3.63, 3.8) is 0 Å². The summed E-state index contributed by atoms with van der Waals surface area (Å²) in [6, 6.07) is 7.89. The molecule has 2 N–H and O–H groups in total. The van der Waals surface area contributed by atoms with Gasteiger partial charge in [-0.15, -0.1) is 0 Å². The summed E-state index contributed by atoms with van der Waals surface area (Å²) < 4.78 is 10.9. The van der Waals surface area contributed by atoms with Gasteiger partial charge in [0, 0.05) is 19.6 Å². The topological polar surface area (TPSA) is 74.5 Å². The zero-order chi connectivity index (χ0) is 14.6. The van der Waals surface area contributed by atoms with E-state index in [0.29, 0.717) is 30.9 Å². The van der Waals surface area contributed by atoms with Crippen LogP contribution in [0.15, 0.2) is 18.2 Å². The second kappa shape index (κ2) is 10.1. The average molecular weight is 278 g/mol. The second-order valence-electron chi connectivity index (χ2n) is 4.35. The minimum atomic E-state index is 0.197. The normalized spacial score (nSPS) is 10.1. The molecule has 1 rings (SSSR count). The Morgan fingerprint density at radius 2 is 2.15 bits per heavy atom. The van der Waals surface area contributed by atoms with E-state index >= 15 is 0 Å². The lowest BCUT2D eigenvalue weighted by atomic mass is 10.2. The van der Waals surface area contributed by atoms with E-state index in [2.05, 4.69) is 11.4 Å². The number of aliphatic hydroxyl groups excluding tert-OH is 1. The van der Waals surface area contributed by atoms with Gasteiger partial charge in [-0.05, 0) is 37.1 Å². The van der Waals surface area contributed by atoms with E-state index in [0.717, 1.165) is 25.1 Å². The maximum Gasteiger partial charge on any atom is 0.161 e. The quantitative estimate of drug-likeness (QED) is 0.639. The lowest BCUT2D eigenvalue weighted by molar-refractivity contribution is 0.285. The first-order chi connectivity index (χ1) is 9.81. The van der Waals surface area contributed by atoms with Crippen LogP contribution in [0.4, 0.5) is 0 Å². The van der Waals surface area contributed by atoms with Gasteiger partial charge in [-0.1, -0.05) is 6.07 Å². The molecule has 110 valence electrons. The summed E-state index contributed by atoms with van der Waals surface area (Å²) in [4.78, 5) is 0. The standard InChI is InChI=1S/C15H22N2O3/c1-19-14-6-5-13(12-17-8-4-9-18)11-15(14)20-10-3-2-7-16/h5-6,11,17-18H,2-4,8-10,12H2,1H3. The van der Waals surface area contributed by atoms with Crippen molar-refractivity contribution in [3.8, 4) is 17.6 Å². The summed E-state index contributed by atoms with van der Waals surface area (Å²) in [6.45, 7) is 2.20. The van der Waals surface area contributed by atoms with Crippen molar-refractivity contribution in [3.05, 3.63) is 23.8 Å². The molecule has 0 unspecified atom stereocenters. The number of hydrogen-bond acceptors (Lipinski definition) is 5. The van der Waals surface area contributed by atoms with Gasteiger partial charge in [-0.25, -0.2) is 0 Å². The van der Waals surface area contributed by atoms with Crippen LogP contribution in [0.3, 0.4) is 0 Å². The number of ether oxygens (including phenoxy) is 2. The van der Waals surface area contributed by atoms with E-state index in [1.54, 1.807) is 7.11 Å². The lowest BCUT2D eigenvalue weighted by Crippen LogP contribution is -2.15. The highest BCUT2D eigenvalue weighted by molar-refractivity contribution is 5.42. The zero-order valence-corrected chi connectivity index (χ0v) is 11.9. The summed E-state index contributed by atoms with van der Waals surface area (Å²) in [6.07, 6.45) is 1.94. The third kappa shape index (κ3) is 5.91. The Balaban J connectivity index is 2.54. The van der Waals surface area contributed by atoms with Crippen LogP contribution in [-0.4, -0.2) is 32.0 Å². The van der Waals surface area contributed by atoms with Crippen LogP contribution in [0.5, 0.6) is 11.5 Å². The molecule has 5 heteroatoms. The Morgan fingerprint density at radius 3 is 2.85 bits per heavy atom. The summed E-state index contributed by atoms with van der Waals surface area (Å²) >= 11 is 0. The largest absolute Gasteiger partial charge is 0.493 e. The van der Waals surface area contributed by atoms with Crippen LogP contribution in [0.25, 0.3) is 0 Å². The maximum atomic E-state index is 8.72. The molecule has 0 atom stereocenters. The predicted molar refractivity (Wildman–Crippen MR) is 76.7 cm³/mol. The number of rotatable bonds is 10. The molecule has 20 heavy (non-hydrogen) atoms. The van der Waals surface area contributed by atoms with Gasteiger partial charge < -0.3 is 19.9 Å². The Labute approximate surface area is 120 Å². The SMILES string of the molecule is COc1ccc(CNCCCO)cc1OCCCC#N. The van der Waals surface area contributed by atoms with Crippen LogP contribution in [0, 0.1) is 11.3 Å². The van der Waals surface area contributed by atoms with E-state index < -0.39 is 0 Å². The van der Waals surface area contributed by atoms with Gasteiger partial charge in [0.05, 0.1) is 19.8 Å². The first-order valence-corrected chi connectivity index (χ1v) is 6.80. The lowest BCUT2D eigenvalue weighted by Gasteiger charge is -2.12. The number of aliphatic hydroxyl groups is 1. The first kappa shape index (κ1) is 16.3. The Hall–Kier alpha value is -1.77. The average Bonchev–Trinajstić information content (AvgIpc) is 2.48. The minimum absolute atomic E-state index is 0.197. The molecular formula is C15H22N2O3. The minimum Gasteiger partial charge on any atom is -0.493 e. The van der Waals surface area contributed by atoms with E-state index in [-0.39, 0.29) is 6.61 Å². The van der Waals surface area contributed by atoms with Crippen LogP contribution in [0.1, 0.15) is 24.8 Å². The van der Waals surface area contributed by atoms with E-state index in [1.807, 2.05) is 18.2 Å². The van der Waals surface area contributed by atoms with Gasteiger partial charge >= 0.3 is 0 Å². The number of nitrogens with zero attached hydrogens (tertiary/aromatic N) is 1. The zero-order valence-electron chi connectivity index (χ0n) is 11.9. The Bertz CT molecular complexity index is 430. The molecule has 0 aliphatic heterocycles. The predicted octanol–water partition coefficient (Wildman–Crippen LogP) is 1.85. The van der Waals surface area contributed by atoms with E-state index in [4.69, 9.17) is 19.8 Å². The number of benzene rings is 1. The van der Waals surface area contributed by atoms with Crippen molar-refractivity contribution in [1.29, 1.82) is 5.26 Å². The van der Waals surface area contributed by atoms with Crippen molar-refractivity contribution in [2.24, 2.45) is 0 Å². The van der Waals surface area contributed by atoms with Gasteiger partial charge in [0.15, 0.2) is 11.5 Å². The molecule has 0 fully saturated rings. The molecule has 0 aliphatic carbocycles. The highest BCUT2D eigenvalue weighted by Gasteiger charge is 2.05. The fourth-order valence-electron chi connectivity index (χ4n) is 1.71. The molecule has 1 aromatic carbocycles. The van der Waals surface area contributed by atoms with E-state index in [9.17, 15) is 0 Å². The van der Waals surface area contributed by atoms with Crippen LogP contribution in [0.2, 0.25) is 0 Å². The van der Waals surface area contributed by atoms with Gasteiger partial charge in [0.1, 0.15) is 0 Å².